The predicted molar refractivity (Wildman–Crippen MR) is 98.7 cm³/mol. The topological polar surface area (TPSA) is 59.0 Å². The lowest BCUT2D eigenvalue weighted by molar-refractivity contribution is -0.176. The van der Waals surface area contributed by atoms with Gasteiger partial charge < -0.3 is 14.6 Å². The highest BCUT2D eigenvalue weighted by molar-refractivity contribution is 5.72. The highest BCUT2D eigenvalue weighted by atomic mass is 16.5. The van der Waals surface area contributed by atoms with Crippen LogP contribution in [0.25, 0.3) is 0 Å². The Balaban J connectivity index is 1.24. The van der Waals surface area contributed by atoms with Crippen LogP contribution in [-0.2, 0) is 14.3 Å². The van der Waals surface area contributed by atoms with E-state index in [1.807, 2.05) is 6.92 Å². The van der Waals surface area contributed by atoms with Gasteiger partial charge in [-0.2, -0.15) is 0 Å². The van der Waals surface area contributed by atoms with E-state index in [9.17, 15) is 9.90 Å². The Morgan fingerprint density at radius 2 is 1.85 bits per heavy atom. The number of carbonyl (C=O) groups excluding carboxylic acids is 1. The molecular formula is C21H35NO4. The molecule has 1 aliphatic heterocycles. The van der Waals surface area contributed by atoms with Crippen molar-refractivity contribution >= 4 is 5.97 Å². The number of aliphatic hydroxyl groups excluding tert-OH is 1. The highest BCUT2D eigenvalue weighted by Crippen LogP contribution is 2.57. The first-order valence-electron chi connectivity index (χ1n) is 10.8. The highest BCUT2D eigenvalue weighted by Gasteiger charge is 2.51. The lowest BCUT2D eigenvalue weighted by atomic mass is 9.54. The maximum atomic E-state index is 12.0. The molecule has 4 saturated carbocycles. The quantitative estimate of drug-likeness (QED) is 0.703. The minimum Gasteiger partial charge on any atom is -0.466 e. The molecule has 5 nitrogen and oxygen atoms in total. The molecule has 0 radical (unpaired) electrons. The van der Waals surface area contributed by atoms with Crippen LogP contribution in [0.4, 0.5) is 0 Å². The molecule has 5 rings (SSSR count). The van der Waals surface area contributed by atoms with E-state index in [1.165, 1.54) is 38.5 Å². The van der Waals surface area contributed by atoms with Crippen molar-refractivity contribution < 1.29 is 19.4 Å². The molecule has 148 valence electrons. The number of carbonyl (C=O) groups is 1. The fourth-order valence-electron chi connectivity index (χ4n) is 6.51. The SMILES string of the molecule is CCOC(=O)[C@H]1CCCN(C[C@@H](O)COC23CC4CC(CC(C4)C2)C3)C1. The third kappa shape index (κ3) is 4.10. The Kier molecular flexibility index (Phi) is 5.58. The molecular weight excluding hydrogens is 330 g/mol. The van der Waals surface area contributed by atoms with Crippen molar-refractivity contribution in [2.75, 3.05) is 32.8 Å². The van der Waals surface area contributed by atoms with Crippen molar-refractivity contribution in [2.24, 2.45) is 23.7 Å². The van der Waals surface area contributed by atoms with E-state index in [4.69, 9.17) is 9.47 Å². The van der Waals surface area contributed by atoms with Crippen molar-refractivity contribution in [2.45, 2.75) is 70.0 Å². The van der Waals surface area contributed by atoms with E-state index < -0.39 is 6.10 Å². The fraction of sp³-hybridized carbons (Fsp3) is 0.952. The van der Waals surface area contributed by atoms with Gasteiger partial charge in [-0.05, 0) is 82.6 Å². The van der Waals surface area contributed by atoms with Crippen LogP contribution < -0.4 is 0 Å². The minimum absolute atomic E-state index is 0.0417. The zero-order chi connectivity index (χ0) is 18.1. The number of hydrogen-bond donors (Lipinski definition) is 1. The molecule has 4 aliphatic carbocycles. The number of rotatable bonds is 7. The van der Waals surface area contributed by atoms with Crippen LogP contribution in [0.15, 0.2) is 0 Å². The third-order valence-electron chi connectivity index (χ3n) is 7.16. The van der Waals surface area contributed by atoms with E-state index in [1.54, 1.807) is 0 Å². The maximum Gasteiger partial charge on any atom is 0.310 e. The van der Waals surface area contributed by atoms with Gasteiger partial charge in [0.05, 0.1) is 30.8 Å². The number of esters is 1. The summed E-state index contributed by atoms with van der Waals surface area (Å²) < 4.78 is 11.6. The lowest BCUT2D eigenvalue weighted by Gasteiger charge is -2.56. The Morgan fingerprint density at radius 1 is 1.19 bits per heavy atom. The standard InChI is InChI=1S/C21H35NO4/c1-2-25-20(24)18-4-3-5-22(12-18)13-19(23)14-26-21-9-15-6-16(10-21)8-17(7-15)11-21/h15-19,23H,2-14H2,1H3/t15?,16?,17?,18-,19+,21?/m0/s1. The van der Waals surface area contributed by atoms with E-state index >= 15 is 0 Å². The van der Waals surface area contributed by atoms with Crippen LogP contribution in [0, 0.1) is 23.7 Å². The van der Waals surface area contributed by atoms with E-state index in [0.717, 1.165) is 37.1 Å². The Labute approximate surface area is 157 Å². The number of nitrogens with zero attached hydrogens (tertiary/aromatic N) is 1. The van der Waals surface area contributed by atoms with Crippen LogP contribution in [0.2, 0.25) is 0 Å². The summed E-state index contributed by atoms with van der Waals surface area (Å²) >= 11 is 0. The first kappa shape index (κ1) is 18.7. The van der Waals surface area contributed by atoms with Crippen molar-refractivity contribution in [1.82, 2.24) is 4.90 Å². The van der Waals surface area contributed by atoms with Gasteiger partial charge in [0.1, 0.15) is 0 Å². The Morgan fingerprint density at radius 3 is 2.46 bits per heavy atom. The van der Waals surface area contributed by atoms with Crippen LogP contribution in [-0.4, -0.2) is 60.5 Å². The monoisotopic (exact) mass is 365 g/mol. The molecule has 0 aromatic carbocycles. The van der Waals surface area contributed by atoms with Crippen molar-refractivity contribution in [3.05, 3.63) is 0 Å². The zero-order valence-electron chi connectivity index (χ0n) is 16.2. The first-order chi connectivity index (χ1) is 12.5. The smallest absolute Gasteiger partial charge is 0.310 e. The first-order valence-corrected chi connectivity index (χ1v) is 10.8. The molecule has 1 saturated heterocycles. The minimum atomic E-state index is -0.469. The summed E-state index contributed by atoms with van der Waals surface area (Å²) in [6.45, 7) is 4.98. The summed E-state index contributed by atoms with van der Waals surface area (Å²) in [5.41, 5.74) is 0.0606. The lowest BCUT2D eigenvalue weighted by Crippen LogP contribution is -2.53. The van der Waals surface area contributed by atoms with Crippen LogP contribution in [0.1, 0.15) is 58.3 Å². The van der Waals surface area contributed by atoms with Crippen LogP contribution >= 0.6 is 0 Å². The van der Waals surface area contributed by atoms with Gasteiger partial charge in [-0.3, -0.25) is 9.69 Å². The fourth-order valence-corrected chi connectivity index (χ4v) is 6.51. The average Bonchev–Trinajstić information content (AvgIpc) is 2.59. The number of hydrogen-bond acceptors (Lipinski definition) is 5. The zero-order valence-corrected chi connectivity index (χ0v) is 16.2. The van der Waals surface area contributed by atoms with Crippen LogP contribution in [0.3, 0.4) is 0 Å². The normalized spacial score (nSPS) is 40.5. The van der Waals surface area contributed by atoms with E-state index in [0.29, 0.717) is 26.3 Å². The molecule has 2 atom stereocenters. The molecule has 0 spiro atoms. The predicted octanol–water partition coefficient (Wildman–Crippen LogP) is 2.61. The second kappa shape index (κ2) is 7.76. The van der Waals surface area contributed by atoms with Crippen molar-refractivity contribution in [1.29, 1.82) is 0 Å². The van der Waals surface area contributed by atoms with E-state index in [2.05, 4.69) is 4.90 Å². The maximum absolute atomic E-state index is 12.0. The van der Waals surface area contributed by atoms with Gasteiger partial charge in [0.15, 0.2) is 0 Å². The molecule has 0 amide bonds. The molecule has 5 heteroatoms. The molecule has 0 unspecified atom stereocenters. The number of likely N-dealkylation sites (tertiary alicyclic amines) is 1. The van der Waals surface area contributed by atoms with Gasteiger partial charge >= 0.3 is 5.97 Å². The summed E-state index contributed by atoms with van der Waals surface area (Å²) in [4.78, 5) is 14.2. The molecule has 1 N–H and O–H groups in total. The molecule has 1 heterocycles. The molecule has 4 bridgehead atoms. The summed E-state index contributed by atoms with van der Waals surface area (Å²) in [5, 5.41) is 10.5. The van der Waals surface area contributed by atoms with E-state index in [-0.39, 0.29) is 17.5 Å². The second-order valence-electron chi connectivity index (χ2n) is 9.42. The molecule has 5 aliphatic rings. The number of ether oxygens (including phenoxy) is 2. The van der Waals surface area contributed by atoms with Crippen molar-refractivity contribution in [3.8, 4) is 0 Å². The van der Waals surface area contributed by atoms with Gasteiger partial charge in [0, 0.05) is 13.1 Å². The van der Waals surface area contributed by atoms with Gasteiger partial charge in [-0.1, -0.05) is 0 Å². The molecule has 0 aromatic heterocycles. The molecule has 26 heavy (non-hydrogen) atoms. The number of β-amino-alcohol motifs (C(OH)–C–C–N with tert-alkyl or cyclic N) is 1. The second-order valence-corrected chi connectivity index (χ2v) is 9.42. The van der Waals surface area contributed by atoms with Gasteiger partial charge in [0.2, 0.25) is 0 Å². The molecule has 5 fully saturated rings. The van der Waals surface area contributed by atoms with Crippen molar-refractivity contribution in [3.63, 3.8) is 0 Å². The molecule has 0 aromatic rings. The summed E-state index contributed by atoms with van der Waals surface area (Å²) in [6.07, 6.45) is 9.28. The largest absolute Gasteiger partial charge is 0.466 e. The summed E-state index contributed by atoms with van der Waals surface area (Å²) in [6, 6.07) is 0. The van der Waals surface area contributed by atoms with Gasteiger partial charge in [0.25, 0.3) is 0 Å². The third-order valence-corrected chi connectivity index (χ3v) is 7.16. The Hall–Kier alpha value is -0.650. The number of piperidine rings is 1. The van der Waals surface area contributed by atoms with Crippen LogP contribution in [0.5, 0.6) is 0 Å². The van der Waals surface area contributed by atoms with Gasteiger partial charge in [-0.15, -0.1) is 0 Å². The Bertz CT molecular complexity index is 473. The number of aliphatic hydroxyl groups is 1. The summed E-state index contributed by atoms with van der Waals surface area (Å²) in [5.74, 6) is 2.47. The van der Waals surface area contributed by atoms with Gasteiger partial charge in [-0.25, -0.2) is 0 Å². The summed E-state index contributed by atoms with van der Waals surface area (Å²) in [7, 11) is 0. The average molecular weight is 366 g/mol.